The van der Waals surface area contributed by atoms with Gasteiger partial charge in [0.25, 0.3) is 0 Å². The molecule has 0 radical (unpaired) electrons. The van der Waals surface area contributed by atoms with Crippen LogP contribution in [0.4, 0.5) is 0 Å². The first-order valence-electron chi connectivity index (χ1n) is 9.83. The van der Waals surface area contributed by atoms with Crippen molar-refractivity contribution in [1.82, 2.24) is 9.47 Å². The Morgan fingerprint density at radius 1 is 1.00 bits per heavy atom. The van der Waals surface area contributed by atoms with Gasteiger partial charge in [0.05, 0.1) is 10.9 Å². The molecule has 0 bridgehead atoms. The number of hydrogen-bond donors (Lipinski definition) is 0. The van der Waals surface area contributed by atoms with Gasteiger partial charge in [-0.2, -0.15) is 0 Å². The fraction of sp³-hybridized carbons (Fsp3) is 0.200. The first kappa shape index (κ1) is 17.1. The van der Waals surface area contributed by atoms with Crippen molar-refractivity contribution >= 4 is 21.8 Å². The summed E-state index contributed by atoms with van der Waals surface area (Å²) in [7, 11) is 0. The molecular formula is C25H24N2O. The maximum atomic E-state index is 6.38. The normalized spacial score (nSPS) is 15.3. The van der Waals surface area contributed by atoms with Gasteiger partial charge in [0.1, 0.15) is 12.5 Å². The van der Waals surface area contributed by atoms with Crippen LogP contribution in [0, 0.1) is 0 Å². The monoisotopic (exact) mass is 368 g/mol. The Labute approximate surface area is 165 Å². The van der Waals surface area contributed by atoms with E-state index in [9.17, 15) is 0 Å². The van der Waals surface area contributed by atoms with E-state index in [4.69, 9.17) is 4.74 Å². The van der Waals surface area contributed by atoms with Crippen molar-refractivity contribution in [2.24, 2.45) is 0 Å². The number of ether oxygens (including phenoxy) is 1. The number of aromatic nitrogens is 1. The first-order valence-corrected chi connectivity index (χ1v) is 9.83. The predicted octanol–water partition coefficient (Wildman–Crippen LogP) is 5.89. The molecule has 0 amide bonds. The average molecular weight is 368 g/mol. The zero-order chi connectivity index (χ0) is 19.1. The average Bonchev–Trinajstić information content (AvgIpc) is 3.08. The number of rotatable bonds is 4. The van der Waals surface area contributed by atoms with Gasteiger partial charge in [-0.05, 0) is 24.6 Å². The molecule has 0 aliphatic carbocycles. The third-order valence-electron chi connectivity index (χ3n) is 5.86. The Hall–Kier alpha value is -3.04. The zero-order valence-corrected chi connectivity index (χ0v) is 16.1. The van der Waals surface area contributed by atoms with Gasteiger partial charge in [-0.15, -0.1) is 6.58 Å². The van der Waals surface area contributed by atoms with E-state index in [1.807, 2.05) is 6.08 Å². The molecule has 3 heteroatoms. The van der Waals surface area contributed by atoms with Gasteiger partial charge < -0.3 is 9.30 Å². The van der Waals surface area contributed by atoms with Gasteiger partial charge in [-0.25, -0.2) is 0 Å². The maximum Gasteiger partial charge on any atom is 0.142 e. The van der Waals surface area contributed by atoms with E-state index < -0.39 is 0 Å². The number of para-hydroxylation sites is 1. The highest BCUT2D eigenvalue weighted by molar-refractivity contribution is 6.11. The number of allylic oxidation sites excluding steroid dienone is 1. The van der Waals surface area contributed by atoms with Gasteiger partial charge in [-0.1, -0.05) is 60.7 Å². The molecule has 0 spiro atoms. The zero-order valence-electron chi connectivity index (χ0n) is 16.1. The third-order valence-corrected chi connectivity index (χ3v) is 5.86. The summed E-state index contributed by atoms with van der Waals surface area (Å²) in [6.45, 7) is 8.47. The number of nitrogens with zero attached hydrogens (tertiary/aromatic N) is 2. The Morgan fingerprint density at radius 3 is 2.61 bits per heavy atom. The van der Waals surface area contributed by atoms with Gasteiger partial charge >= 0.3 is 0 Å². The summed E-state index contributed by atoms with van der Waals surface area (Å²) >= 11 is 0. The highest BCUT2D eigenvalue weighted by atomic mass is 16.5. The molecule has 0 saturated carbocycles. The van der Waals surface area contributed by atoms with Gasteiger partial charge in [0.2, 0.25) is 0 Å². The molecule has 4 aromatic rings. The van der Waals surface area contributed by atoms with Crippen LogP contribution in [0.5, 0.6) is 5.75 Å². The minimum Gasteiger partial charge on any atom is -0.477 e. The van der Waals surface area contributed by atoms with Crippen molar-refractivity contribution in [2.45, 2.75) is 26.1 Å². The largest absolute Gasteiger partial charge is 0.477 e. The Kier molecular flexibility index (Phi) is 4.18. The number of hydrogen-bond acceptors (Lipinski definition) is 2. The molecule has 140 valence electrons. The van der Waals surface area contributed by atoms with Crippen LogP contribution in [0.25, 0.3) is 21.8 Å². The fourth-order valence-electron chi connectivity index (χ4n) is 4.37. The van der Waals surface area contributed by atoms with Crippen LogP contribution < -0.4 is 4.74 Å². The van der Waals surface area contributed by atoms with Crippen LogP contribution in [-0.2, 0) is 13.1 Å². The molecule has 1 unspecified atom stereocenters. The predicted molar refractivity (Wildman–Crippen MR) is 116 cm³/mol. The molecule has 3 nitrogen and oxygen atoms in total. The van der Waals surface area contributed by atoms with E-state index in [0.717, 1.165) is 18.8 Å². The van der Waals surface area contributed by atoms with E-state index in [-0.39, 0.29) is 0 Å². The summed E-state index contributed by atoms with van der Waals surface area (Å²) in [5.74, 6) is 1.04. The van der Waals surface area contributed by atoms with Crippen molar-refractivity contribution in [3.8, 4) is 5.75 Å². The van der Waals surface area contributed by atoms with Crippen molar-refractivity contribution in [2.75, 3.05) is 6.73 Å². The Morgan fingerprint density at radius 2 is 1.79 bits per heavy atom. The van der Waals surface area contributed by atoms with E-state index >= 15 is 0 Å². The van der Waals surface area contributed by atoms with E-state index in [2.05, 4.69) is 89.7 Å². The van der Waals surface area contributed by atoms with Crippen LogP contribution in [-0.4, -0.2) is 16.2 Å². The molecule has 1 atom stereocenters. The summed E-state index contributed by atoms with van der Waals surface area (Å²) < 4.78 is 8.70. The Bertz CT molecular complexity index is 1160. The summed E-state index contributed by atoms with van der Waals surface area (Å²) in [6.07, 6.45) is 1.95. The lowest BCUT2D eigenvalue weighted by Gasteiger charge is -2.34. The molecule has 0 saturated heterocycles. The van der Waals surface area contributed by atoms with Crippen LogP contribution in [0.3, 0.4) is 0 Å². The maximum absolute atomic E-state index is 6.38. The number of benzene rings is 3. The van der Waals surface area contributed by atoms with E-state index in [1.165, 1.54) is 32.9 Å². The van der Waals surface area contributed by atoms with Gasteiger partial charge in [-0.3, -0.25) is 4.90 Å². The second-order valence-corrected chi connectivity index (χ2v) is 7.47. The van der Waals surface area contributed by atoms with Gasteiger partial charge in [0.15, 0.2) is 0 Å². The van der Waals surface area contributed by atoms with Crippen LogP contribution in [0.1, 0.15) is 24.1 Å². The molecule has 1 aliphatic heterocycles. The molecule has 3 aromatic carbocycles. The first-order chi connectivity index (χ1) is 13.8. The van der Waals surface area contributed by atoms with Crippen molar-refractivity contribution < 1.29 is 4.74 Å². The van der Waals surface area contributed by atoms with Crippen LogP contribution in [0.2, 0.25) is 0 Å². The number of fused-ring (bicyclic) bond motifs is 5. The second kappa shape index (κ2) is 6.84. The lowest BCUT2D eigenvalue weighted by molar-refractivity contribution is 0.0632. The van der Waals surface area contributed by atoms with E-state index in [1.54, 1.807) is 0 Å². The highest BCUT2D eigenvalue weighted by Gasteiger charge is 2.26. The second-order valence-electron chi connectivity index (χ2n) is 7.47. The molecule has 1 aliphatic rings. The van der Waals surface area contributed by atoms with Crippen LogP contribution >= 0.6 is 0 Å². The van der Waals surface area contributed by atoms with Crippen LogP contribution in [0.15, 0.2) is 79.4 Å². The van der Waals surface area contributed by atoms with Crippen molar-refractivity contribution in [3.63, 3.8) is 0 Å². The smallest absolute Gasteiger partial charge is 0.142 e. The molecular weight excluding hydrogens is 344 g/mol. The van der Waals surface area contributed by atoms with Crippen molar-refractivity contribution in [1.29, 1.82) is 0 Å². The molecule has 0 N–H and O–H groups in total. The summed E-state index contributed by atoms with van der Waals surface area (Å²) in [4.78, 5) is 2.38. The molecule has 0 fully saturated rings. The molecule has 1 aromatic heterocycles. The highest BCUT2D eigenvalue weighted by Crippen LogP contribution is 2.41. The Balaban J connectivity index is 1.60. The molecule has 5 rings (SSSR count). The van der Waals surface area contributed by atoms with Gasteiger partial charge in [0, 0.05) is 35.6 Å². The van der Waals surface area contributed by atoms with E-state index in [0.29, 0.717) is 12.8 Å². The third kappa shape index (κ3) is 2.62. The standard InChI is InChI=1S/C25H24N2O/c1-3-15-27-22-12-8-7-11-21(22)24-23(27)14-13-20-16-26(17-28-25(20)24)18(2)19-9-5-4-6-10-19/h3-14,18H,1,15-17H2,2H3. The molecule has 28 heavy (non-hydrogen) atoms. The minimum absolute atomic E-state index is 0.312. The summed E-state index contributed by atoms with van der Waals surface area (Å²) in [6, 6.07) is 24.0. The topological polar surface area (TPSA) is 17.4 Å². The SMILES string of the molecule is C=CCn1c2ccccc2c2c3c(ccc21)CN(C(C)c1ccccc1)CO3. The summed E-state index contributed by atoms with van der Waals surface area (Å²) in [5.41, 5.74) is 5.01. The molecule has 2 heterocycles. The quantitative estimate of drug-likeness (QED) is 0.418. The van der Waals surface area contributed by atoms with Crippen molar-refractivity contribution in [3.05, 3.63) is 90.5 Å². The fourth-order valence-corrected chi connectivity index (χ4v) is 4.37. The lowest BCUT2D eigenvalue weighted by atomic mass is 10.0. The summed E-state index contributed by atoms with van der Waals surface area (Å²) in [5, 5.41) is 2.47. The minimum atomic E-state index is 0.312. The lowest BCUT2D eigenvalue weighted by Crippen LogP contribution is -2.34.